The number of aromatic nitrogens is 2. The van der Waals surface area contributed by atoms with E-state index in [0.717, 1.165) is 44.5 Å². The summed E-state index contributed by atoms with van der Waals surface area (Å²) < 4.78 is 13.2. The van der Waals surface area contributed by atoms with E-state index in [1.807, 2.05) is 71.6 Å². The summed E-state index contributed by atoms with van der Waals surface area (Å²) in [6, 6.07) is 17.3. The molecule has 32 heavy (non-hydrogen) atoms. The van der Waals surface area contributed by atoms with Crippen LogP contribution < -0.4 is 14.3 Å². The summed E-state index contributed by atoms with van der Waals surface area (Å²) in [7, 11) is 0. The highest BCUT2D eigenvalue weighted by Gasteiger charge is 2.14. The van der Waals surface area contributed by atoms with Crippen LogP contribution in [0.15, 0.2) is 82.5 Å². The Morgan fingerprint density at radius 2 is 1.88 bits per heavy atom. The molecule has 1 aliphatic heterocycles. The molecule has 0 saturated heterocycles. The van der Waals surface area contributed by atoms with E-state index in [4.69, 9.17) is 31.2 Å². The van der Waals surface area contributed by atoms with Crippen LogP contribution in [0.25, 0.3) is 11.3 Å². The minimum Gasteiger partial charge on any atom is -0.486 e. The van der Waals surface area contributed by atoms with E-state index >= 15 is 0 Å². The molecule has 4 aromatic rings. The molecule has 1 aliphatic rings. The van der Waals surface area contributed by atoms with Crippen LogP contribution in [0.2, 0.25) is 5.02 Å². The number of rotatable bonds is 4. The zero-order valence-corrected chi connectivity index (χ0v) is 18.8. The van der Waals surface area contributed by atoms with Crippen LogP contribution in [-0.4, -0.2) is 28.6 Å². The summed E-state index contributed by atoms with van der Waals surface area (Å²) in [5.41, 5.74) is 4.45. The van der Waals surface area contributed by atoms with Crippen molar-refractivity contribution < 1.29 is 9.47 Å². The average Bonchev–Trinajstić information content (AvgIpc) is 3.21. The molecule has 3 heterocycles. The highest BCUT2D eigenvalue weighted by molar-refractivity contribution is 7.07. The van der Waals surface area contributed by atoms with Gasteiger partial charge in [0, 0.05) is 27.7 Å². The van der Waals surface area contributed by atoms with Gasteiger partial charge in [-0.1, -0.05) is 23.7 Å². The Morgan fingerprint density at radius 3 is 2.66 bits per heavy atom. The van der Waals surface area contributed by atoms with Crippen molar-refractivity contribution in [3.8, 4) is 22.8 Å². The minimum atomic E-state index is 0.542. The fraction of sp³-hybridized carbons (Fsp3) is 0.125. The molecule has 160 valence electrons. The van der Waals surface area contributed by atoms with Crippen molar-refractivity contribution in [2.24, 2.45) is 10.1 Å². The monoisotopic (exact) mass is 462 g/mol. The Hall–Kier alpha value is -3.42. The van der Waals surface area contributed by atoms with Gasteiger partial charge in [-0.2, -0.15) is 5.10 Å². The third-order valence-corrected chi connectivity index (χ3v) is 5.97. The van der Waals surface area contributed by atoms with Crippen molar-refractivity contribution in [2.75, 3.05) is 13.2 Å². The predicted molar refractivity (Wildman–Crippen MR) is 127 cm³/mol. The van der Waals surface area contributed by atoms with E-state index in [-0.39, 0.29) is 0 Å². The quantitative estimate of drug-likeness (QED) is 0.374. The molecular formula is C24H19ClN4O2S. The fourth-order valence-corrected chi connectivity index (χ4v) is 4.28. The molecule has 0 atom stereocenters. The molecule has 0 spiro atoms. The Bertz CT molecular complexity index is 1340. The number of hydrogen-bond donors (Lipinski definition) is 0. The molecule has 0 amide bonds. The second kappa shape index (κ2) is 8.98. The molecular weight excluding hydrogens is 444 g/mol. The lowest BCUT2D eigenvalue weighted by Crippen LogP contribution is -2.16. The average molecular weight is 463 g/mol. The smallest absolute Gasteiger partial charge is 0.211 e. The lowest BCUT2D eigenvalue weighted by molar-refractivity contribution is 0.171. The highest BCUT2D eigenvalue weighted by atomic mass is 35.5. The van der Waals surface area contributed by atoms with Crippen LogP contribution >= 0.6 is 22.9 Å². The first-order chi connectivity index (χ1) is 15.7. The van der Waals surface area contributed by atoms with E-state index in [1.165, 1.54) is 11.3 Å². The summed E-state index contributed by atoms with van der Waals surface area (Å²) in [5.74, 6) is 1.49. The Balaban J connectivity index is 1.63. The SMILES string of the molecule is CC(=Nn1c(-c2ccc(Cl)cc2)csc1=Nc1cccnc1)c1ccc2c(c1)OCCO2. The van der Waals surface area contributed by atoms with Gasteiger partial charge >= 0.3 is 0 Å². The van der Waals surface area contributed by atoms with Crippen molar-refractivity contribution in [2.45, 2.75) is 6.92 Å². The summed E-state index contributed by atoms with van der Waals surface area (Å²) in [6.07, 6.45) is 3.45. The maximum Gasteiger partial charge on any atom is 0.211 e. The van der Waals surface area contributed by atoms with Gasteiger partial charge in [0.05, 0.1) is 23.3 Å². The summed E-state index contributed by atoms with van der Waals surface area (Å²) in [5, 5.41) is 7.66. The van der Waals surface area contributed by atoms with Gasteiger partial charge in [-0.3, -0.25) is 4.98 Å². The van der Waals surface area contributed by atoms with E-state index in [1.54, 1.807) is 12.4 Å². The minimum absolute atomic E-state index is 0.542. The van der Waals surface area contributed by atoms with Gasteiger partial charge in [-0.05, 0) is 49.4 Å². The van der Waals surface area contributed by atoms with Crippen LogP contribution in [0.5, 0.6) is 11.5 Å². The largest absolute Gasteiger partial charge is 0.486 e. The molecule has 0 bridgehead atoms. The van der Waals surface area contributed by atoms with Gasteiger partial charge in [0.15, 0.2) is 11.5 Å². The molecule has 0 radical (unpaired) electrons. The molecule has 8 heteroatoms. The Labute approximate surface area is 194 Å². The number of pyridine rings is 1. The van der Waals surface area contributed by atoms with Crippen molar-refractivity contribution in [3.05, 3.63) is 87.8 Å². The maximum absolute atomic E-state index is 6.09. The number of nitrogens with zero attached hydrogens (tertiary/aromatic N) is 4. The normalized spacial score (nSPS) is 13.9. The molecule has 0 unspecified atom stereocenters. The number of hydrogen-bond acceptors (Lipinski definition) is 6. The molecule has 0 aliphatic carbocycles. The van der Waals surface area contributed by atoms with Crippen molar-refractivity contribution in [1.29, 1.82) is 0 Å². The number of fused-ring (bicyclic) bond motifs is 1. The third-order valence-electron chi connectivity index (χ3n) is 4.91. The first-order valence-electron chi connectivity index (χ1n) is 10.0. The van der Waals surface area contributed by atoms with Gasteiger partial charge in [0.25, 0.3) is 0 Å². The second-order valence-electron chi connectivity index (χ2n) is 7.09. The molecule has 0 N–H and O–H groups in total. The Kier molecular flexibility index (Phi) is 5.75. The number of thiazole rings is 1. The fourth-order valence-electron chi connectivity index (χ4n) is 3.30. The molecule has 0 saturated carbocycles. The van der Waals surface area contributed by atoms with E-state index in [9.17, 15) is 0 Å². The summed E-state index contributed by atoms with van der Waals surface area (Å²) >= 11 is 7.61. The lowest BCUT2D eigenvalue weighted by atomic mass is 10.1. The van der Waals surface area contributed by atoms with Crippen LogP contribution in [-0.2, 0) is 0 Å². The molecule has 6 nitrogen and oxygen atoms in total. The second-order valence-corrected chi connectivity index (χ2v) is 8.36. The van der Waals surface area contributed by atoms with E-state index in [2.05, 4.69) is 4.98 Å². The van der Waals surface area contributed by atoms with Gasteiger partial charge in [0.2, 0.25) is 4.80 Å². The number of benzene rings is 2. The zero-order valence-electron chi connectivity index (χ0n) is 17.2. The topological polar surface area (TPSA) is 61.0 Å². The predicted octanol–water partition coefficient (Wildman–Crippen LogP) is 5.54. The van der Waals surface area contributed by atoms with Gasteiger partial charge in [0.1, 0.15) is 13.2 Å². The van der Waals surface area contributed by atoms with Crippen molar-refractivity contribution in [1.82, 2.24) is 9.66 Å². The van der Waals surface area contributed by atoms with E-state index in [0.29, 0.717) is 18.2 Å². The lowest BCUT2D eigenvalue weighted by Gasteiger charge is -2.18. The summed E-state index contributed by atoms with van der Waals surface area (Å²) in [4.78, 5) is 9.66. The van der Waals surface area contributed by atoms with Crippen LogP contribution in [0.3, 0.4) is 0 Å². The van der Waals surface area contributed by atoms with E-state index < -0.39 is 0 Å². The molecule has 5 rings (SSSR count). The first-order valence-corrected chi connectivity index (χ1v) is 11.3. The molecule has 0 fully saturated rings. The standard InChI is InChI=1S/C24H19ClN4O2S/c1-16(18-6-9-22-23(13-18)31-12-11-30-22)28-29-21(17-4-7-19(25)8-5-17)15-32-24(29)27-20-3-2-10-26-14-20/h2-10,13-15H,11-12H2,1H3. The van der Waals surface area contributed by atoms with Gasteiger partial charge in [-0.25, -0.2) is 9.67 Å². The zero-order chi connectivity index (χ0) is 21.9. The van der Waals surface area contributed by atoms with Crippen LogP contribution in [0.1, 0.15) is 12.5 Å². The maximum atomic E-state index is 6.09. The van der Waals surface area contributed by atoms with Crippen molar-refractivity contribution >= 4 is 34.3 Å². The molecule has 2 aromatic carbocycles. The molecule has 2 aromatic heterocycles. The van der Waals surface area contributed by atoms with Crippen LogP contribution in [0, 0.1) is 0 Å². The number of halogens is 1. The Morgan fingerprint density at radius 1 is 1.06 bits per heavy atom. The highest BCUT2D eigenvalue weighted by Crippen LogP contribution is 2.31. The number of ether oxygens (including phenoxy) is 2. The van der Waals surface area contributed by atoms with Gasteiger partial charge in [-0.15, -0.1) is 11.3 Å². The summed E-state index contributed by atoms with van der Waals surface area (Å²) in [6.45, 7) is 3.07. The van der Waals surface area contributed by atoms with Crippen LogP contribution in [0.4, 0.5) is 5.69 Å². The third kappa shape index (κ3) is 4.30. The first kappa shape index (κ1) is 20.5. The van der Waals surface area contributed by atoms with Gasteiger partial charge < -0.3 is 9.47 Å². The van der Waals surface area contributed by atoms with Crippen molar-refractivity contribution in [3.63, 3.8) is 0 Å².